The summed E-state index contributed by atoms with van der Waals surface area (Å²) in [5, 5.41) is 3.06. The van der Waals surface area contributed by atoms with Crippen LogP contribution in [0.25, 0.3) is 0 Å². The van der Waals surface area contributed by atoms with E-state index in [2.05, 4.69) is 26.2 Å². The highest BCUT2D eigenvalue weighted by molar-refractivity contribution is 9.10. The third kappa shape index (κ3) is 4.18. The lowest BCUT2D eigenvalue weighted by Gasteiger charge is -2.40. The molecule has 2 heterocycles. The van der Waals surface area contributed by atoms with Crippen LogP contribution in [-0.2, 0) is 4.79 Å². The maximum atomic E-state index is 13.8. The Labute approximate surface area is 200 Å². The number of aromatic nitrogens is 1. The lowest BCUT2D eigenvalue weighted by atomic mass is 9.79. The van der Waals surface area contributed by atoms with E-state index in [4.69, 9.17) is 9.47 Å². The Morgan fingerprint density at radius 3 is 2.48 bits per heavy atom. The van der Waals surface area contributed by atoms with Gasteiger partial charge in [-0.1, -0.05) is 22.0 Å². The number of amides is 2. The first-order valence-electron chi connectivity index (χ1n) is 10.4. The zero-order valence-electron chi connectivity index (χ0n) is 18.8. The molecule has 2 amide bonds. The van der Waals surface area contributed by atoms with Gasteiger partial charge in [0, 0.05) is 35.2 Å². The maximum Gasteiger partial charge on any atom is 0.254 e. The number of carbonyl (C=O) groups is 2. The molecule has 8 heteroatoms. The van der Waals surface area contributed by atoms with E-state index in [0.29, 0.717) is 28.3 Å². The van der Waals surface area contributed by atoms with Crippen molar-refractivity contribution in [2.24, 2.45) is 0 Å². The summed E-state index contributed by atoms with van der Waals surface area (Å²) in [7, 11) is 4.74. The summed E-state index contributed by atoms with van der Waals surface area (Å²) in [5.41, 5.74) is 3.37. The number of aryl methyl sites for hydroxylation is 1. The van der Waals surface area contributed by atoms with Crippen molar-refractivity contribution in [1.29, 1.82) is 0 Å². The van der Waals surface area contributed by atoms with Gasteiger partial charge in [-0.05, 0) is 60.0 Å². The molecule has 1 N–H and O–H groups in total. The number of benzene rings is 2. The number of rotatable bonds is 5. The van der Waals surface area contributed by atoms with E-state index in [0.717, 1.165) is 15.6 Å². The molecule has 0 fully saturated rings. The second-order valence-electron chi connectivity index (χ2n) is 7.87. The van der Waals surface area contributed by atoms with Crippen LogP contribution >= 0.6 is 15.9 Å². The summed E-state index contributed by atoms with van der Waals surface area (Å²) < 4.78 is 11.8. The van der Waals surface area contributed by atoms with E-state index in [-0.39, 0.29) is 11.8 Å². The molecule has 0 spiro atoms. The average molecular weight is 510 g/mol. The first kappa shape index (κ1) is 22.8. The van der Waals surface area contributed by atoms with Gasteiger partial charge in [0.2, 0.25) is 5.91 Å². The molecule has 0 bridgehead atoms. The molecule has 1 aliphatic heterocycles. The van der Waals surface area contributed by atoms with Crippen LogP contribution in [0, 0.1) is 6.92 Å². The molecular weight excluding hydrogens is 486 g/mol. The second kappa shape index (κ2) is 9.23. The predicted octanol–water partition coefficient (Wildman–Crippen LogP) is 4.72. The number of likely N-dealkylation sites (N-methyl/N-ethyl adjacent to an activating group) is 1. The van der Waals surface area contributed by atoms with Crippen molar-refractivity contribution in [2.45, 2.75) is 18.9 Å². The van der Waals surface area contributed by atoms with E-state index >= 15 is 0 Å². The predicted molar refractivity (Wildman–Crippen MR) is 129 cm³/mol. The van der Waals surface area contributed by atoms with Gasteiger partial charge in [0.1, 0.15) is 0 Å². The van der Waals surface area contributed by atoms with Crippen molar-refractivity contribution in [3.05, 3.63) is 81.6 Å². The summed E-state index contributed by atoms with van der Waals surface area (Å²) in [4.78, 5) is 33.0. The Hall–Kier alpha value is -3.39. The van der Waals surface area contributed by atoms with Crippen LogP contribution in [0.5, 0.6) is 11.5 Å². The normalized spacial score (nSPS) is 17.4. The lowest BCUT2D eigenvalue weighted by Crippen LogP contribution is -2.44. The zero-order valence-corrected chi connectivity index (χ0v) is 20.3. The van der Waals surface area contributed by atoms with Crippen LogP contribution < -0.4 is 14.8 Å². The molecular formula is C25H24BrN3O4. The standard InChI is InChI=1S/C25H24BrN3O4/c1-14-10-16(26)7-8-19(14)28-24(30)22-17-11-20(32-3)21(33-4)12-18(17)25(31)29(2)23(22)15-6-5-9-27-13-15/h5-13,22-23H,1-4H3,(H,28,30)/t22-,23-/m0/s1. The van der Waals surface area contributed by atoms with Gasteiger partial charge in [-0.25, -0.2) is 0 Å². The molecule has 0 saturated heterocycles. The number of halogens is 1. The number of hydrogen-bond donors (Lipinski definition) is 1. The number of nitrogens with zero attached hydrogens (tertiary/aromatic N) is 2. The molecule has 33 heavy (non-hydrogen) atoms. The van der Waals surface area contributed by atoms with Crippen molar-refractivity contribution < 1.29 is 19.1 Å². The van der Waals surface area contributed by atoms with Crippen LogP contribution in [0.1, 0.15) is 39.0 Å². The van der Waals surface area contributed by atoms with Crippen molar-refractivity contribution in [1.82, 2.24) is 9.88 Å². The van der Waals surface area contributed by atoms with Gasteiger partial charge in [0.05, 0.1) is 26.2 Å². The smallest absolute Gasteiger partial charge is 0.254 e. The molecule has 4 rings (SSSR count). The monoisotopic (exact) mass is 509 g/mol. The third-order valence-electron chi connectivity index (χ3n) is 5.93. The van der Waals surface area contributed by atoms with Crippen molar-refractivity contribution in [2.75, 3.05) is 26.6 Å². The Morgan fingerprint density at radius 1 is 1.12 bits per heavy atom. The van der Waals surface area contributed by atoms with Crippen LogP contribution in [0.15, 0.2) is 59.3 Å². The maximum absolute atomic E-state index is 13.8. The first-order chi connectivity index (χ1) is 15.8. The Balaban J connectivity index is 1.88. The highest BCUT2D eigenvalue weighted by Gasteiger charge is 2.43. The van der Waals surface area contributed by atoms with Crippen LogP contribution in [0.3, 0.4) is 0 Å². The fourth-order valence-electron chi connectivity index (χ4n) is 4.28. The highest BCUT2D eigenvalue weighted by atomic mass is 79.9. The SMILES string of the molecule is COc1cc2c(cc1OC)[C@H](C(=O)Nc1ccc(Br)cc1C)[C@H](c1cccnc1)N(C)C2=O. The van der Waals surface area contributed by atoms with E-state index in [1.807, 2.05) is 31.2 Å². The topological polar surface area (TPSA) is 80.8 Å². The van der Waals surface area contributed by atoms with E-state index in [1.165, 1.54) is 14.2 Å². The van der Waals surface area contributed by atoms with Crippen LogP contribution in [0.4, 0.5) is 5.69 Å². The molecule has 7 nitrogen and oxygen atoms in total. The summed E-state index contributed by atoms with van der Waals surface area (Å²) in [6, 6.07) is 12.1. The molecule has 0 saturated carbocycles. The summed E-state index contributed by atoms with van der Waals surface area (Å²) in [6.07, 6.45) is 3.35. The van der Waals surface area contributed by atoms with Gasteiger partial charge in [0.15, 0.2) is 11.5 Å². The number of anilines is 1. The molecule has 0 aliphatic carbocycles. The van der Waals surface area contributed by atoms with Crippen LogP contribution in [0.2, 0.25) is 0 Å². The number of ether oxygens (including phenoxy) is 2. The number of fused-ring (bicyclic) bond motifs is 1. The van der Waals surface area contributed by atoms with E-state index in [1.54, 1.807) is 42.5 Å². The molecule has 2 aromatic carbocycles. The van der Waals surface area contributed by atoms with Crippen LogP contribution in [-0.4, -0.2) is 43.0 Å². The van der Waals surface area contributed by atoms with E-state index in [9.17, 15) is 9.59 Å². The van der Waals surface area contributed by atoms with Crippen molar-refractivity contribution >= 4 is 33.4 Å². The number of pyridine rings is 1. The highest BCUT2D eigenvalue weighted by Crippen LogP contribution is 2.45. The van der Waals surface area contributed by atoms with Gasteiger partial charge in [-0.3, -0.25) is 14.6 Å². The number of nitrogens with one attached hydrogen (secondary N) is 1. The van der Waals surface area contributed by atoms with Gasteiger partial charge in [0.25, 0.3) is 5.91 Å². The van der Waals surface area contributed by atoms with Gasteiger partial charge in [-0.2, -0.15) is 0 Å². The molecule has 3 aromatic rings. The van der Waals surface area contributed by atoms with Crippen molar-refractivity contribution in [3.8, 4) is 11.5 Å². The largest absolute Gasteiger partial charge is 0.493 e. The quantitative estimate of drug-likeness (QED) is 0.538. The first-order valence-corrected chi connectivity index (χ1v) is 11.1. The number of methoxy groups -OCH3 is 2. The fourth-order valence-corrected chi connectivity index (χ4v) is 4.75. The second-order valence-corrected chi connectivity index (χ2v) is 8.78. The lowest BCUT2D eigenvalue weighted by molar-refractivity contribution is -0.119. The zero-order chi connectivity index (χ0) is 23.7. The Kier molecular flexibility index (Phi) is 6.37. The molecule has 2 atom stereocenters. The fraction of sp³-hybridized carbons (Fsp3) is 0.240. The number of carbonyl (C=O) groups excluding carboxylic acids is 2. The minimum atomic E-state index is -0.699. The third-order valence-corrected chi connectivity index (χ3v) is 6.42. The summed E-state index contributed by atoms with van der Waals surface area (Å²) >= 11 is 3.45. The average Bonchev–Trinajstić information content (AvgIpc) is 2.82. The molecule has 0 unspecified atom stereocenters. The Morgan fingerprint density at radius 2 is 1.85 bits per heavy atom. The molecule has 1 aliphatic rings. The minimum Gasteiger partial charge on any atom is -0.493 e. The van der Waals surface area contributed by atoms with Crippen molar-refractivity contribution in [3.63, 3.8) is 0 Å². The summed E-state index contributed by atoms with van der Waals surface area (Å²) in [6.45, 7) is 1.93. The summed E-state index contributed by atoms with van der Waals surface area (Å²) in [5.74, 6) is -0.252. The van der Waals surface area contributed by atoms with E-state index < -0.39 is 12.0 Å². The molecule has 170 valence electrons. The van der Waals surface area contributed by atoms with Gasteiger partial charge < -0.3 is 19.7 Å². The van der Waals surface area contributed by atoms with Gasteiger partial charge >= 0.3 is 0 Å². The molecule has 1 aromatic heterocycles. The minimum absolute atomic E-state index is 0.205. The molecule has 0 radical (unpaired) electrons. The number of hydrogen-bond acceptors (Lipinski definition) is 5. The Bertz CT molecular complexity index is 1220. The van der Waals surface area contributed by atoms with Gasteiger partial charge in [-0.15, -0.1) is 0 Å².